The molecule has 2 aromatic heterocycles. The molecule has 1 amide bonds. The highest BCUT2D eigenvalue weighted by molar-refractivity contribution is 6.05. The lowest BCUT2D eigenvalue weighted by molar-refractivity contribution is 0.102. The number of hydrogen-bond donors (Lipinski definition) is 1. The fourth-order valence-corrected chi connectivity index (χ4v) is 4.64. The molecule has 1 saturated carbocycles. The predicted octanol–water partition coefficient (Wildman–Crippen LogP) is 6.28. The number of aromatic nitrogens is 3. The molecule has 0 atom stereocenters. The Balaban J connectivity index is 1.56. The van der Waals surface area contributed by atoms with Gasteiger partial charge in [0.2, 0.25) is 0 Å². The molecule has 0 saturated heterocycles. The molecular formula is C26H33FN4O2. The zero-order chi connectivity index (χ0) is 23.8. The first-order chi connectivity index (χ1) is 15.7. The minimum Gasteiger partial charge on any atom is -0.494 e. The molecule has 0 radical (unpaired) electrons. The Hall–Kier alpha value is -2.96. The van der Waals surface area contributed by atoms with Crippen molar-refractivity contribution >= 4 is 22.5 Å². The Morgan fingerprint density at radius 2 is 1.94 bits per heavy atom. The molecule has 1 aliphatic rings. The van der Waals surface area contributed by atoms with Crippen molar-refractivity contribution in [3.05, 3.63) is 47.9 Å². The minimum atomic E-state index is -1.63. The number of benzene rings is 1. The number of carbonyl (C=O) groups excluding carboxylic acids is 1. The second kappa shape index (κ2) is 9.12. The quantitative estimate of drug-likeness (QED) is 0.478. The van der Waals surface area contributed by atoms with Gasteiger partial charge in [-0.15, -0.1) is 0 Å². The van der Waals surface area contributed by atoms with E-state index in [2.05, 4.69) is 35.0 Å². The van der Waals surface area contributed by atoms with Gasteiger partial charge in [0.05, 0.1) is 30.0 Å². The van der Waals surface area contributed by atoms with Crippen LogP contribution in [0.25, 0.3) is 10.9 Å². The van der Waals surface area contributed by atoms with Gasteiger partial charge in [-0.2, -0.15) is 5.10 Å². The van der Waals surface area contributed by atoms with Crippen LogP contribution in [0.1, 0.15) is 75.6 Å². The summed E-state index contributed by atoms with van der Waals surface area (Å²) in [5.74, 6) is 1.62. The van der Waals surface area contributed by atoms with E-state index in [1.807, 2.05) is 12.1 Å². The van der Waals surface area contributed by atoms with E-state index in [4.69, 9.17) is 9.84 Å². The molecular weight excluding hydrogens is 419 g/mol. The fourth-order valence-electron chi connectivity index (χ4n) is 4.64. The molecule has 1 N–H and O–H groups in total. The molecule has 3 aromatic rings. The standard InChI is InChI=1S/C26H33FN4O2/c1-16(2)17-9-11-19(12-10-17)31-15-18-13-22(23(33-5)14-21(18)30-31)29-25(32)20-7-6-8-24(28-20)26(3,4)27/h6-8,13-17,19H,9-12H2,1-5H3,(H,29,32)/t17-,19-. The van der Waals surface area contributed by atoms with Crippen LogP contribution in [0.4, 0.5) is 10.1 Å². The van der Waals surface area contributed by atoms with Crippen molar-refractivity contribution in [3.8, 4) is 5.75 Å². The average molecular weight is 453 g/mol. The highest BCUT2D eigenvalue weighted by atomic mass is 19.1. The van der Waals surface area contributed by atoms with Gasteiger partial charge >= 0.3 is 0 Å². The summed E-state index contributed by atoms with van der Waals surface area (Å²) in [5.41, 5.74) is 0.0967. The summed E-state index contributed by atoms with van der Waals surface area (Å²) in [6, 6.07) is 8.89. The van der Waals surface area contributed by atoms with Gasteiger partial charge in [-0.3, -0.25) is 9.48 Å². The summed E-state index contributed by atoms with van der Waals surface area (Å²) in [5, 5.41) is 8.61. The largest absolute Gasteiger partial charge is 0.494 e. The number of nitrogens with one attached hydrogen (secondary N) is 1. The Labute approximate surface area is 194 Å². The summed E-state index contributed by atoms with van der Waals surface area (Å²) in [6.45, 7) is 7.45. The number of halogens is 1. The number of hydrogen-bond acceptors (Lipinski definition) is 4. The van der Waals surface area contributed by atoms with E-state index in [1.165, 1.54) is 26.7 Å². The molecule has 176 valence electrons. The molecule has 0 aliphatic heterocycles. The van der Waals surface area contributed by atoms with Gasteiger partial charge in [-0.25, -0.2) is 9.37 Å². The SMILES string of the molecule is COc1cc2nn([C@H]3CC[C@H](C(C)C)CC3)cc2cc1NC(=O)c1cccc(C(C)(C)F)n1. The summed E-state index contributed by atoms with van der Waals surface area (Å²) < 4.78 is 21.9. The summed E-state index contributed by atoms with van der Waals surface area (Å²) >= 11 is 0. The van der Waals surface area contributed by atoms with Crippen LogP contribution in [-0.2, 0) is 5.67 Å². The number of alkyl halides is 1. The number of pyridine rings is 1. The number of carbonyl (C=O) groups is 1. The topological polar surface area (TPSA) is 69.0 Å². The number of fused-ring (bicyclic) bond motifs is 1. The molecule has 4 rings (SSSR count). The number of anilines is 1. The molecule has 2 heterocycles. The van der Waals surface area contributed by atoms with Crippen molar-refractivity contribution in [1.29, 1.82) is 0 Å². The van der Waals surface area contributed by atoms with Crippen LogP contribution in [0.2, 0.25) is 0 Å². The lowest BCUT2D eigenvalue weighted by Crippen LogP contribution is -2.21. The molecule has 0 spiro atoms. The second-order valence-corrected chi connectivity index (χ2v) is 9.87. The summed E-state index contributed by atoms with van der Waals surface area (Å²) in [7, 11) is 1.56. The molecule has 33 heavy (non-hydrogen) atoms. The Kier molecular flexibility index (Phi) is 6.41. The van der Waals surface area contributed by atoms with Gasteiger partial charge in [0.25, 0.3) is 5.91 Å². The van der Waals surface area contributed by atoms with Gasteiger partial charge in [0.15, 0.2) is 0 Å². The van der Waals surface area contributed by atoms with Crippen molar-refractivity contribution in [2.24, 2.45) is 11.8 Å². The second-order valence-electron chi connectivity index (χ2n) is 9.87. The number of ether oxygens (including phenoxy) is 1. The molecule has 7 heteroatoms. The maximum absolute atomic E-state index is 14.3. The van der Waals surface area contributed by atoms with E-state index in [1.54, 1.807) is 25.3 Å². The van der Waals surface area contributed by atoms with Gasteiger partial charge in [-0.1, -0.05) is 19.9 Å². The fraction of sp³-hybridized carbons (Fsp3) is 0.500. The van der Waals surface area contributed by atoms with E-state index in [-0.39, 0.29) is 11.4 Å². The maximum Gasteiger partial charge on any atom is 0.274 e. The third kappa shape index (κ3) is 5.02. The molecule has 0 unspecified atom stereocenters. The van der Waals surface area contributed by atoms with Crippen molar-refractivity contribution in [3.63, 3.8) is 0 Å². The maximum atomic E-state index is 14.3. The first-order valence-electron chi connectivity index (χ1n) is 11.7. The van der Waals surface area contributed by atoms with Gasteiger partial charge in [-0.05, 0) is 69.6 Å². The van der Waals surface area contributed by atoms with Crippen LogP contribution in [0.5, 0.6) is 5.75 Å². The highest BCUT2D eigenvalue weighted by Gasteiger charge is 2.25. The van der Waals surface area contributed by atoms with E-state index >= 15 is 0 Å². The number of amides is 1. The Morgan fingerprint density at radius 3 is 2.58 bits per heavy atom. The average Bonchev–Trinajstić information content (AvgIpc) is 3.21. The molecule has 0 bridgehead atoms. The van der Waals surface area contributed by atoms with Gasteiger partial charge in [0.1, 0.15) is 17.1 Å². The third-order valence-electron chi connectivity index (χ3n) is 6.74. The number of rotatable bonds is 6. The first-order valence-corrected chi connectivity index (χ1v) is 11.7. The van der Waals surface area contributed by atoms with Gasteiger partial charge < -0.3 is 10.1 Å². The van der Waals surface area contributed by atoms with E-state index in [0.717, 1.165) is 35.6 Å². The van der Waals surface area contributed by atoms with E-state index in [9.17, 15) is 9.18 Å². The Morgan fingerprint density at radius 1 is 1.21 bits per heavy atom. The van der Waals surface area contributed by atoms with Crippen LogP contribution in [-0.4, -0.2) is 27.8 Å². The van der Waals surface area contributed by atoms with Crippen molar-refractivity contribution in [2.75, 3.05) is 12.4 Å². The summed E-state index contributed by atoms with van der Waals surface area (Å²) in [4.78, 5) is 17.1. The minimum absolute atomic E-state index is 0.151. The van der Waals surface area contributed by atoms with Crippen LogP contribution in [0.15, 0.2) is 36.5 Å². The van der Waals surface area contributed by atoms with Gasteiger partial charge in [0, 0.05) is 17.6 Å². The number of methoxy groups -OCH3 is 1. The van der Waals surface area contributed by atoms with E-state index in [0.29, 0.717) is 17.5 Å². The zero-order valence-electron chi connectivity index (χ0n) is 20.1. The zero-order valence-corrected chi connectivity index (χ0v) is 20.1. The van der Waals surface area contributed by atoms with Crippen molar-refractivity contribution in [1.82, 2.24) is 14.8 Å². The monoisotopic (exact) mass is 452 g/mol. The van der Waals surface area contributed by atoms with Crippen LogP contribution in [0, 0.1) is 11.8 Å². The predicted molar refractivity (Wildman–Crippen MR) is 128 cm³/mol. The normalized spacial score (nSPS) is 19.1. The number of nitrogens with zero attached hydrogens (tertiary/aromatic N) is 3. The lowest BCUT2D eigenvalue weighted by atomic mass is 9.80. The summed E-state index contributed by atoms with van der Waals surface area (Å²) in [6.07, 6.45) is 6.76. The molecule has 1 aromatic carbocycles. The van der Waals surface area contributed by atoms with Crippen LogP contribution in [0.3, 0.4) is 0 Å². The van der Waals surface area contributed by atoms with Crippen LogP contribution < -0.4 is 10.1 Å². The molecule has 1 aliphatic carbocycles. The molecule has 6 nitrogen and oxygen atoms in total. The van der Waals surface area contributed by atoms with Crippen molar-refractivity contribution in [2.45, 2.75) is 65.1 Å². The smallest absolute Gasteiger partial charge is 0.274 e. The first kappa shape index (κ1) is 23.2. The highest BCUT2D eigenvalue weighted by Crippen LogP contribution is 2.37. The lowest BCUT2D eigenvalue weighted by Gasteiger charge is -2.30. The Bertz CT molecular complexity index is 1140. The molecule has 1 fully saturated rings. The third-order valence-corrected chi connectivity index (χ3v) is 6.74. The van der Waals surface area contributed by atoms with E-state index < -0.39 is 11.6 Å². The van der Waals surface area contributed by atoms with Crippen LogP contribution >= 0.6 is 0 Å². The van der Waals surface area contributed by atoms with Crippen molar-refractivity contribution < 1.29 is 13.9 Å².